The Hall–Kier alpha value is -2.55. The molecule has 0 aliphatic carbocycles. The number of hydrogen-bond donors (Lipinski definition) is 2. The molecule has 0 aromatic heterocycles. The maximum Gasteiger partial charge on any atom is 0.277 e. The lowest BCUT2D eigenvalue weighted by atomic mass is 10.1. The molecule has 0 unspecified atom stereocenters. The molecule has 0 heterocycles. The van der Waals surface area contributed by atoms with Crippen molar-refractivity contribution in [2.45, 2.75) is 0 Å². The highest BCUT2D eigenvalue weighted by molar-refractivity contribution is 5.94. The summed E-state index contributed by atoms with van der Waals surface area (Å²) in [6, 6.07) is 2.52. The van der Waals surface area contributed by atoms with Gasteiger partial charge in [-0.25, -0.2) is 0 Å². The van der Waals surface area contributed by atoms with Gasteiger partial charge in [-0.05, 0) is 0 Å². The molecule has 0 bridgehead atoms. The lowest BCUT2D eigenvalue weighted by molar-refractivity contribution is -0.394. The third-order valence-corrected chi connectivity index (χ3v) is 1.61. The molecule has 0 spiro atoms. The van der Waals surface area contributed by atoms with E-state index >= 15 is 0 Å². The van der Waals surface area contributed by atoms with E-state index in [4.69, 9.17) is 5.73 Å². The van der Waals surface area contributed by atoms with Gasteiger partial charge in [0.2, 0.25) is 5.91 Å². The number of nitrogens with zero attached hydrogens (tertiary/aromatic N) is 2. The Kier molecular flexibility index (Phi) is 4.03. The minimum absolute atomic E-state index is 0. The van der Waals surface area contributed by atoms with Gasteiger partial charge in [-0.2, -0.15) is 0 Å². The van der Waals surface area contributed by atoms with Gasteiger partial charge < -0.3 is 11.9 Å². The van der Waals surface area contributed by atoms with E-state index < -0.39 is 27.1 Å². The summed E-state index contributed by atoms with van der Waals surface area (Å²) in [5, 5.41) is 20.8. The predicted octanol–water partition coefficient (Wildman–Crippen LogP) is 0.764. The number of nitrogens with two attached hydrogens (primary N) is 1. The second-order valence-corrected chi connectivity index (χ2v) is 2.62. The third kappa shape index (κ3) is 2.72. The van der Waals surface area contributed by atoms with Gasteiger partial charge in [-0.1, -0.05) is 0 Å². The maximum absolute atomic E-state index is 10.7. The molecule has 0 saturated heterocycles. The minimum atomic E-state index is -0.957. The first-order chi connectivity index (χ1) is 6.91. The van der Waals surface area contributed by atoms with Crippen molar-refractivity contribution in [3.05, 3.63) is 44.0 Å². The van der Waals surface area contributed by atoms with Crippen molar-refractivity contribution in [2.75, 3.05) is 0 Å². The highest BCUT2D eigenvalue weighted by Gasteiger charge is 2.18. The Morgan fingerprint density at radius 3 is 1.69 bits per heavy atom. The van der Waals surface area contributed by atoms with E-state index in [0.29, 0.717) is 0 Å². The zero-order valence-corrected chi connectivity index (χ0v) is 7.95. The number of carbonyl (C=O) groups excluding carboxylic acids is 1. The highest BCUT2D eigenvalue weighted by atomic mass is 16.6. The number of non-ortho nitro benzene ring substituents is 2. The van der Waals surface area contributed by atoms with E-state index in [9.17, 15) is 25.0 Å². The number of carbonyl (C=O) groups is 1. The molecule has 1 aromatic rings. The molecule has 16 heavy (non-hydrogen) atoms. The summed E-state index contributed by atoms with van der Waals surface area (Å²) in [4.78, 5) is 29.8. The predicted molar refractivity (Wildman–Crippen MR) is 53.3 cm³/mol. The topological polar surface area (TPSA) is 164 Å². The maximum atomic E-state index is 10.7. The molecule has 0 aliphatic heterocycles. The molecule has 1 amide bonds. The first-order valence-electron chi connectivity index (χ1n) is 3.65. The summed E-state index contributed by atoms with van der Waals surface area (Å²) in [6.07, 6.45) is 0. The van der Waals surface area contributed by atoms with Crippen LogP contribution in [0.5, 0.6) is 0 Å². The standard InChI is InChI=1S/C7H5N3O5.H3N/c8-7(11)4-1-5(9(12)13)3-6(2-4)10(14)15;/h1-3H,(H2,8,11);1H3. The Morgan fingerprint density at radius 2 is 1.44 bits per heavy atom. The number of nitro benzene ring substituents is 2. The molecular weight excluding hydrogens is 220 g/mol. The number of benzene rings is 1. The second-order valence-electron chi connectivity index (χ2n) is 2.62. The Bertz CT molecular complexity index is 379. The van der Waals surface area contributed by atoms with Gasteiger partial charge in [-0.3, -0.25) is 25.0 Å². The molecule has 0 aliphatic rings. The fraction of sp³-hybridized carbons (Fsp3) is 0. The van der Waals surface area contributed by atoms with Crippen LogP contribution < -0.4 is 11.9 Å². The van der Waals surface area contributed by atoms with Gasteiger partial charge in [0.1, 0.15) is 0 Å². The normalized spacial score (nSPS) is 9.00. The first kappa shape index (κ1) is 13.4. The zero-order chi connectivity index (χ0) is 11.6. The molecule has 1 aromatic carbocycles. The quantitative estimate of drug-likeness (QED) is 0.572. The average Bonchev–Trinajstić information content (AvgIpc) is 2.16. The van der Waals surface area contributed by atoms with E-state index in [1.807, 2.05) is 0 Å². The van der Waals surface area contributed by atoms with Crippen LogP contribution >= 0.6 is 0 Å². The van der Waals surface area contributed by atoms with Crippen molar-refractivity contribution >= 4 is 17.3 Å². The summed E-state index contributed by atoms with van der Waals surface area (Å²) in [6.45, 7) is 0. The van der Waals surface area contributed by atoms with Crippen LogP contribution in [0, 0.1) is 20.2 Å². The Labute approximate surface area is 88.7 Å². The first-order valence-corrected chi connectivity index (χ1v) is 3.65. The smallest absolute Gasteiger partial charge is 0.277 e. The van der Waals surface area contributed by atoms with E-state index in [1.54, 1.807) is 0 Å². The lowest BCUT2D eigenvalue weighted by Crippen LogP contribution is -2.11. The minimum Gasteiger partial charge on any atom is -0.366 e. The van der Waals surface area contributed by atoms with Crippen molar-refractivity contribution in [3.8, 4) is 0 Å². The fourth-order valence-electron chi connectivity index (χ4n) is 0.948. The van der Waals surface area contributed by atoms with Crippen molar-refractivity contribution < 1.29 is 14.6 Å². The van der Waals surface area contributed by atoms with Gasteiger partial charge in [0.05, 0.1) is 21.5 Å². The number of amides is 1. The Balaban J connectivity index is 0.00000225. The number of nitro groups is 2. The Morgan fingerprint density at radius 1 is 1.06 bits per heavy atom. The van der Waals surface area contributed by atoms with Gasteiger partial charge in [0.25, 0.3) is 11.4 Å². The second kappa shape index (κ2) is 4.79. The van der Waals surface area contributed by atoms with Crippen LogP contribution in [0.25, 0.3) is 0 Å². The molecular formula is C7H8N4O5. The molecule has 86 valence electrons. The number of hydrogen-bond acceptors (Lipinski definition) is 6. The fourth-order valence-corrected chi connectivity index (χ4v) is 0.948. The zero-order valence-electron chi connectivity index (χ0n) is 7.95. The van der Waals surface area contributed by atoms with Crippen molar-refractivity contribution in [3.63, 3.8) is 0 Å². The van der Waals surface area contributed by atoms with Crippen LogP contribution in [0.1, 0.15) is 10.4 Å². The molecule has 0 fully saturated rings. The summed E-state index contributed by atoms with van der Waals surface area (Å²) in [7, 11) is 0. The molecule has 9 heteroatoms. The van der Waals surface area contributed by atoms with E-state index in [-0.39, 0.29) is 11.7 Å². The molecule has 0 atom stereocenters. The number of rotatable bonds is 3. The van der Waals surface area contributed by atoms with Crippen molar-refractivity contribution in [2.24, 2.45) is 5.73 Å². The van der Waals surface area contributed by atoms with Gasteiger partial charge in [0, 0.05) is 12.1 Å². The molecule has 0 saturated carbocycles. The summed E-state index contributed by atoms with van der Waals surface area (Å²) < 4.78 is 0. The van der Waals surface area contributed by atoms with E-state index in [1.165, 1.54) is 0 Å². The monoisotopic (exact) mass is 228 g/mol. The highest BCUT2D eigenvalue weighted by Crippen LogP contribution is 2.22. The van der Waals surface area contributed by atoms with Crippen LogP contribution in [0.15, 0.2) is 18.2 Å². The average molecular weight is 228 g/mol. The van der Waals surface area contributed by atoms with Crippen LogP contribution in [0.2, 0.25) is 0 Å². The summed E-state index contributed by atoms with van der Waals surface area (Å²) in [5.41, 5.74) is 3.51. The van der Waals surface area contributed by atoms with Gasteiger partial charge in [-0.15, -0.1) is 0 Å². The third-order valence-electron chi connectivity index (χ3n) is 1.61. The van der Waals surface area contributed by atoms with Crippen LogP contribution in [0.3, 0.4) is 0 Å². The lowest BCUT2D eigenvalue weighted by Gasteiger charge is -1.96. The van der Waals surface area contributed by atoms with E-state index in [2.05, 4.69) is 0 Å². The molecule has 9 nitrogen and oxygen atoms in total. The van der Waals surface area contributed by atoms with Gasteiger partial charge in [0.15, 0.2) is 0 Å². The van der Waals surface area contributed by atoms with Crippen molar-refractivity contribution in [1.82, 2.24) is 6.15 Å². The van der Waals surface area contributed by atoms with Crippen LogP contribution in [-0.4, -0.2) is 15.8 Å². The SMILES string of the molecule is N.NC(=O)c1cc([N+](=O)[O-])cc([N+](=O)[O-])c1. The molecule has 5 N–H and O–H groups in total. The van der Waals surface area contributed by atoms with Crippen LogP contribution in [-0.2, 0) is 0 Å². The van der Waals surface area contributed by atoms with Crippen LogP contribution in [0.4, 0.5) is 11.4 Å². The molecule has 0 radical (unpaired) electrons. The number of primary amides is 1. The summed E-state index contributed by atoms with van der Waals surface area (Å²) in [5.74, 6) is -0.957. The van der Waals surface area contributed by atoms with Crippen molar-refractivity contribution in [1.29, 1.82) is 0 Å². The van der Waals surface area contributed by atoms with Gasteiger partial charge >= 0.3 is 0 Å². The largest absolute Gasteiger partial charge is 0.366 e. The molecule has 1 rings (SSSR count). The summed E-state index contributed by atoms with van der Waals surface area (Å²) >= 11 is 0. The van der Waals surface area contributed by atoms with E-state index in [0.717, 1.165) is 18.2 Å².